The Balaban J connectivity index is 1.71. The Morgan fingerprint density at radius 2 is 1.72 bits per heavy atom. The molecule has 1 aliphatic heterocycles. The summed E-state index contributed by atoms with van der Waals surface area (Å²) in [5, 5.41) is 3.15. The molecule has 5 heteroatoms. The molecule has 0 unspecified atom stereocenters. The van der Waals surface area contributed by atoms with E-state index in [0.29, 0.717) is 5.56 Å². The number of hydrogen-bond donors (Lipinski definition) is 1. The fourth-order valence-electron chi connectivity index (χ4n) is 3.79. The van der Waals surface area contributed by atoms with Gasteiger partial charge >= 0.3 is 0 Å². The first-order valence-electron chi connectivity index (χ1n) is 8.63. The number of amides is 2. The van der Waals surface area contributed by atoms with E-state index in [0.717, 1.165) is 41.4 Å². The molecule has 128 valence electrons. The number of fused-ring (bicyclic) bond motifs is 1. The maximum absolute atomic E-state index is 13.0. The number of benzene rings is 2. The van der Waals surface area contributed by atoms with E-state index in [9.17, 15) is 9.59 Å². The van der Waals surface area contributed by atoms with Gasteiger partial charge in [-0.2, -0.15) is 0 Å². The number of rotatable bonds is 3. The van der Waals surface area contributed by atoms with E-state index in [-0.39, 0.29) is 17.9 Å². The molecular weight excluding hydrogens is 380 g/mol. The van der Waals surface area contributed by atoms with E-state index in [1.165, 1.54) is 0 Å². The quantitative estimate of drug-likeness (QED) is 0.841. The summed E-state index contributed by atoms with van der Waals surface area (Å²) in [5.41, 5.74) is 2.12. The van der Waals surface area contributed by atoms with Gasteiger partial charge in [-0.1, -0.05) is 47.0 Å². The van der Waals surface area contributed by atoms with Crippen LogP contribution in [0.15, 0.2) is 53.0 Å². The number of halogens is 1. The first-order valence-corrected chi connectivity index (χ1v) is 9.43. The van der Waals surface area contributed by atoms with Gasteiger partial charge in [0, 0.05) is 21.8 Å². The SMILES string of the molecule is O=C(NC1CCCC1)[C@@H]1c2ccccc2C(=O)N1c1ccc(Br)cc1. The van der Waals surface area contributed by atoms with Crippen LogP contribution in [-0.2, 0) is 4.79 Å². The van der Waals surface area contributed by atoms with Crippen LogP contribution in [0, 0.1) is 0 Å². The number of carbonyl (C=O) groups excluding carboxylic acids is 2. The van der Waals surface area contributed by atoms with Crippen LogP contribution in [0.25, 0.3) is 0 Å². The van der Waals surface area contributed by atoms with Crippen LogP contribution in [0.1, 0.15) is 47.6 Å². The first-order chi connectivity index (χ1) is 12.1. The van der Waals surface area contributed by atoms with Crippen LogP contribution in [0.2, 0.25) is 0 Å². The van der Waals surface area contributed by atoms with Gasteiger partial charge in [0.2, 0.25) is 5.91 Å². The predicted octanol–water partition coefficient (Wildman–Crippen LogP) is 4.21. The lowest BCUT2D eigenvalue weighted by atomic mass is 10.0. The maximum Gasteiger partial charge on any atom is 0.259 e. The maximum atomic E-state index is 13.0. The Morgan fingerprint density at radius 1 is 1.04 bits per heavy atom. The third-order valence-corrected chi connectivity index (χ3v) is 5.55. The van der Waals surface area contributed by atoms with Gasteiger partial charge in [0.1, 0.15) is 6.04 Å². The average molecular weight is 399 g/mol. The molecule has 2 amide bonds. The highest BCUT2D eigenvalue weighted by atomic mass is 79.9. The molecule has 0 spiro atoms. The first kappa shape index (κ1) is 16.3. The molecule has 1 heterocycles. The lowest BCUT2D eigenvalue weighted by Crippen LogP contribution is -2.42. The second-order valence-corrected chi connectivity index (χ2v) is 7.55. The molecule has 2 aromatic carbocycles. The van der Waals surface area contributed by atoms with E-state index in [1.54, 1.807) is 11.0 Å². The zero-order valence-corrected chi connectivity index (χ0v) is 15.3. The fraction of sp³-hybridized carbons (Fsp3) is 0.300. The molecule has 2 aliphatic rings. The molecule has 0 saturated heterocycles. The molecule has 0 bridgehead atoms. The molecule has 0 aromatic heterocycles. The zero-order chi connectivity index (χ0) is 17.4. The van der Waals surface area contributed by atoms with Crippen molar-refractivity contribution in [1.82, 2.24) is 5.32 Å². The van der Waals surface area contributed by atoms with Gasteiger partial charge in [0.15, 0.2) is 0 Å². The van der Waals surface area contributed by atoms with Crippen molar-refractivity contribution in [2.24, 2.45) is 0 Å². The highest BCUT2D eigenvalue weighted by Gasteiger charge is 2.42. The molecule has 0 radical (unpaired) electrons. The largest absolute Gasteiger partial charge is 0.351 e. The Morgan fingerprint density at radius 3 is 2.44 bits per heavy atom. The van der Waals surface area contributed by atoms with Gasteiger partial charge in [-0.25, -0.2) is 0 Å². The summed E-state index contributed by atoms with van der Waals surface area (Å²) in [4.78, 5) is 27.6. The molecule has 1 saturated carbocycles. The van der Waals surface area contributed by atoms with Crippen LogP contribution < -0.4 is 10.2 Å². The molecule has 1 N–H and O–H groups in total. The molecule has 1 fully saturated rings. The van der Waals surface area contributed by atoms with Crippen LogP contribution in [0.3, 0.4) is 0 Å². The highest BCUT2D eigenvalue weighted by molar-refractivity contribution is 9.10. The van der Waals surface area contributed by atoms with Gasteiger partial charge in [-0.05, 0) is 48.7 Å². The molecule has 1 atom stereocenters. The lowest BCUT2D eigenvalue weighted by Gasteiger charge is -2.26. The number of carbonyl (C=O) groups is 2. The Labute approximate surface area is 155 Å². The van der Waals surface area contributed by atoms with E-state index < -0.39 is 6.04 Å². The van der Waals surface area contributed by atoms with Crippen molar-refractivity contribution in [3.05, 3.63) is 64.1 Å². The third kappa shape index (κ3) is 2.97. The molecule has 1 aliphatic carbocycles. The number of nitrogens with zero attached hydrogens (tertiary/aromatic N) is 1. The minimum Gasteiger partial charge on any atom is -0.351 e. The van der Waals surface area contributed by atoms with Crippen LogP contribution in [-0.4, -0.2) is 17.9 Å². The van der Waals surface area contributed by atoms with Crippen molar-refractivity contribution < 1.29 is 9.59 Å². The van der Waals surface area contributed by atoms with Crippen molar-refractivity contribution >= 4 is 33.4 Å². The van der Waals surface area contributed by atoms with Crippen molar-refractivity contribution in [3.8, 4) is 0 Å². The second kappa shape index (κ2) is 6.64. The van der Waals surface area contributed by atoms with Gasteiger partial charge in [0.05, 0.1) is 0 Å². The summed E-state index contributed by atoms with van der Waals surface area (Å²) in [6, 6.07) is 14.5. The molecule has 4 rings (SSSR count). The summed E-state index contributed by atoms with van der Waals surface area (Å²) >= 11 is 3.42. The monoisotopic (exact) mass is 398 g/mol. The lowest BCUT2D eigenvalue weighted by molar-refractivity contribution is -0.123. The number of anilines is 1. The standard InChI is InChI=1S/C20H19BrN2O2/c21-13-9-11-15(12-10-13)23-18(19(24)22-14-5-1-2-6-14)16-7-3-4-8-17(16)20(23)25/h3-4,7-12,14,18H,1-2,5-6H2,(H,22,24)/t18-/m0/s1. The topological polar surface area (TPSA) is 49.4 Å². The highest BCUT2D eigenvalue weighted by Crippen LogP contribution is 2.38. The van der Waals surface area contributed by atoms with Gasteiger partial charge < -0.3 is 5.32 Å². The van der Waals surface area contributed by atoms with Crippen molar-refractivity contribution in [2.75, 3.05) is 4.90 Å². The van der Waals surface area contributed by atoms with Crippen LogP contribution >= 0.6 is 15.9 Å². The molecule has 25 heavy (non-hydrogen) atoms. The minimum atomic E-state index is -0.606. The molecule has 4 nitrogen and oxygen atoms in total. The number of nitrogens with one attached hydrogen (secondary N) is 1. The Hall–Kier alpha value is -2.14. The third-order valence-electron chi connectivity index (χ3n) is 5.02. The summed E-state index contributed by atoms with van der Waals surface area (Å²) in [7, 11) is 0. The Bertz CT molecular complexity index is 813. The van der Waals surface area contributed by atoms with E-state index in [4.69, 9.17) is 0 Å². The Kier molecular flexibility index (Phi) is 4.34. The van der Waals surface area contributed by atoms with E-state index >= 15 is 0 Å². The fourth-order valence-corrected chi connectivity index (χ4v) is 4.06. The molecule has 2 aromatic rings. The van der Waals surface area contributed by atoms with E-state index in [2.05, 4.69) is 21.2 Å². The van der Waals surface area contributed by atoms with Crippen molar-refractivity contribution in [2.45, 2.75) is 37.8 Å². The predicted molar refractivity (Wildman–Crippen MR) is 101 cm³/mol. The summed E-state index contributed by atoms with van der Waals surface area (Å²) in [6.07, 6.45) is 4.35. The van der Waals surface area contributed by atoms with Crippen molar-refractivity contribution in [3.63, 3.8) is 0 Å². The minimum absolute atomic E-state index is 0.0897. The van der Waals surface area contributed by atoms with Gasteiger partial charge in [-0.3, -0.25) is 14.5 Å². The van der Waals surface area contributed by atoms with Crippen LogP contribution in [0.5, 0.6) is 0 Å². The van der Waals surface area contributed by atoms with E-state index in [1.807, 2.05) is 42.5 Å². The second-order valence-electron chi connectivity index (χ2n) is 6.63. The molecular formula is C20H19BrN2O2. The van der Waals surface area contributed by atoms with Crippen LogP contribution in [0.4, 0.5) is 5.69 Å². The smallest absolute Gasteiger partial charge is 0.259 e. The van der Waals surface area contributed by atoms with Gasteiger partial charge in [-0.15, -0.1) is 0 Å². The average Bonchev–Trinajstić information content (AvgIpc) is 3.22. The zero-order valence-electron chi connectivity index (χ0n) is 13.7. The summed E-state index contributed by atoms with van der Waals surface area (Å²) < 4.78 is 0.937. The van der Waals surface area contributed by atoms with Gasteiger partial charge in [0.25, 0.3) is 5.91 Å². The van der Waals surface area contributed by atoms with Crippen molar-refractivity contribution in [1.29, 1.82) is 0 Å². The normalized spacial score (nSPS) is 20.0. The summed E-state index contributed by atoms with van der Waals surface area (Å²) in [6.45, 7) is 0. The number of hydrogen-bond acceptors (Lipinski definition) is 2. The summed E-state index contributed by atoms with van der Waals surface area (Å²) in [5.74, 6) is -0.211.